The number of aryl methyl sites for hydroxylation is 1. The first-order valence-electron chi connectivity index (χ1n) is 6.71. The molecular formula is C15H21FN2O. The van der Waals surface area contributed by atoms with Crippen LogP contribution in [0.5, 0.6) is 0 Å². The monoisotopic (exact) mass is 264 g/mol. The largest absolute Gasteiger partial charge is 0.337 e. The number of urea groups is 1. The summed E-state index contributed by atoms with van der Waals surface area (Å²) < 4.78 is 13.9. The molecule has 2 rings (SSSR count). The van der Waals surface area contributed by atoms with E-state index in [0.717, 1.165) is 18.4 Å². The van der Waals surface area contributed by atoms with Crippen LogP contribution in [0.25, 0.3) is 0 Å². The second-order valence-corrected chi connectivity index (χ2v) is 6.22. The summed E-state index contributed by atoms with van der Waals surface area (Å²) in [5, 5.41) is 2.88. The first kappa shape index (κ1) is 13.8. The summed E-state index contributed by atoms with van der Waals surface area (Å²) in [6.45, 7) is 7.31. The molecule has 1 N–H and O–H groups in total. The second-order valence-electron chi connectivity index (χ2n) is 6.22. The van der Waals surface area contributed by atoms with E-state index in [9.17, 15) is 9.18 Å². The van der Waals surface area contributed by atoms with Crippen LogP contribution in [0.15, 0.2) is 18.2 Å². The molecule has 2 amide bonds. The van der Waals surface area contributed by atoms with Crippen molar-refractivity contribution < 1.29 is 9.18 Å². The zero-order valence-corrected chi connectivity index (χ0v) is 11.8. The lowest BCUT2D eigenvalue weighted by Gasteiger charge is -2.31. The van der Waals surface area contributed by atoms with Gasteiger partial charge in [0.1, 0.15) is 5.82 Å². The number of rotatable bonds is 1. The minimum atomic E-state index is -0.317. The first-order chi connectivity index (χ1) is 8.88. The Balaban J connectivity index is 2.17. The number of para-hydroxylation sites is 1. The molecule has 1 aliphatic heterocycles. The molecule has 0 unspecified atom stereocenters. The molecule has 0 spiro atoms. The fourth-order valence-corrected chi connectivity index (χ4v) is 2.24. The van der Waals surface area contributed by atoms with Crippen LogP contribution < -0.4 is 10.2 Å². The molecule has 1 aromatic rings. The summed E-state index contributed by atoms with van der Waals surface area (Å²) in [7, 11) is 0. The highest BCUT2D eigenvalue weighted by Crippen LogP contribution is 2.29. The van der Waals surface area contributed by atoms with Gasteiger partial charge in [0.25, 0.3) is 0 Å². The molecule has 0 saturated carbocycles. The predicted molar refractivity (Wildman–Crippen MR) is 74.9 cm³/mol. The topological polar surface area (TPSA) is 32.3 Å². The van der Waals surface area contributed by atoms with Gasteiger partial charge in [0.05, 0.1) is 5.69 Å². The van der Waals surface area contributed by atoms with Crippen molar-refractivity contribution in [3.05, 3.63) is 29.6 Å². The summed E-state index contributed by atoms with van der Waals surface area (Å²) >= 11 is 0. The minimum Gasteiger partial charge on any atom is -0.337 e. The number of nitrogens with one attached hydrogen (secondary N) is 1. The molecule has 0 bridgehead atoms. The van der Waals surface area contributed by atoms with Gasteiger partial charge in [0, 0.05) is 13.1 Å². The van der Waals surface area contributed by atoms with E-state index in [4.69, 9.17) is 0 Å². The van der Waals surface area contributed by atoms with Gasteiger partial charge in [-0.15, -0.1) is 0 Å². The van der Waals surface area contributed by atoms with Gasteiger partial charge in [0.2, 0.25) is 0 Å². The van der Waals surface area contributed by atoms with Crippen molar-refractivity contribution in [1.82, 2.24) is 5.32 Å². The number of hydrogen-bond acceptors (Lipinski definition) is 1. The normalized spacial score (nSPS) is 15.1. The average molecular weight is 264 g/mol. The summed E-state index contributed by atoms with van der Waals surface area (Å²) in [5.74, 6) is -0.317. The molecule has 1 aliphatic rings. The Hall–Kier alpha value is -1.58. The Bertz CT molecular complexity index is 480. The molecule has 1 heterocycles. The number of benzene rings is 1. The van der Waals surface area contributed by atoms with Gasteiger partial charge in [0.15, 0.2) is 0 Å². The number of carbonyl (C=O) groups excluding carboxylic acids is 1. The highest BCUT2D eigenvalue weighted by Gasteiger charge is 2.26. The van der Waals surface area contributed by atoms with Gasteiger partial charge in [-0.25, -0.2) is 9.18 Å². The van der Waals surface area contributed by atoms with Crippen LogP contribution >= 0.6 is 0 Å². The number of carbonyl (C=O) groups is 1. The quantitative estimate of drug-likeness (QED) is 0.829. The van der Waals surface area contributed by atoms with Gasteiger partial charge in [-0.05, 0) is 29.9 Å². The predicted octanol–water partition coefficient (Wildman–Crippen LogP) is 3.33. The van der Waals surface area contributed by atoms with Crippen molar-refractivity contribution in [2.45, 2.75) is 33.6 Å². The van der Waals surface area contributed by atoms with E-state index >= 15 is 0 Å². The lowest BCUT2D eigenvalue weighted by Crippen LogP contribution is -2.45. The van der Waals surface area contributed by atoms with Crippen LogP contribution in [0.4, 0.5) is 14.9 Å². The van der Waals surface area contributed by atoms with E-state index < -0.39 is 0 Å². The van der Waals surface area contributed by atoms with E-state index in [1.807, 2.05) is 6.07 Å². The lowest BCUT2D eigenvalue weighted by atomic mass is 9.97. The van der Waals surface area contributed by atoms with Crippen LogP contribution in [0.1, 0.15) is 32.8 Å². The molecular weight excluding hydrogens is 243 g/mol. The zero-order chi connectivity index (χ0) is 14.0. The summed E-state index contributed by atoms with van der Waals surface area (Å²) in [6, 6.07) is 4.79. The van der Waals surface area contributed by atoms with Crippen molar-refractivity contribution in [2.24, 2.45) is 5.41 Å². The summed E-state index contributed by atoms with van der Waals surface area (Å²) in [6.07, 6.45) is 1.70. The summed E-state index contributed by atoms with van der Waals surface area (Å²) in [5.41, 5.74) is 1.38. The maximum atomic E-state index is 13.9. The van der Waals surface area contributed by atoms with E-state index in [1.165, 1.54) is 11.0 Å². The maximum Gasteiger partial charge on any atom is 0.321 e. The van der Waals surface area contributed by atoms with Crippen molar-refractivity contribution in [3.63, 3.8) is 0 Å². The molecule has 1 aromatic carbocycles. The van der Waals surface area contributed by atoms with Crippen LogP contribution in [-0.2, 0) is 6.42 Å². The number of nitrogens with zero attached hydrogens (tertiary/aromatic N) is 1. The first-order valence-corrected chi connectivity index (χ1v) is 6.71. The fourth-order valence-electron chi connectivity index (χ4n) is 2.24. The lowest BCUT2D eigenvalue weighted by molar-refractivity contribution is 0.240. The molecule has 4 heteroatoms. The van der Waals surface area contributed by atoms with E-state index in [-0.39, 0.29) is 17.3 Å². The molecule has 0 fully saturated rings. The van der Waals surface area contributed by atoms with Crippen LogP contribution in [0.3, 0.4) is 0 Å². The van der Waals surface area contributed by atoms with Crippen molar-refractivity contribution in [2.75, 3.05) is 18.0 Å². The Morgan fingerprint density at radius 2 is 2.16 bits per heavy atom. The molecule has 104 valence electrons. The maximum absolute atomic E-state index is 13.9. The second kappa shape index (κ2) is 5.19. The van der Waals surface area contributed by atoms with Gasteiger partial charge in [-0.1, -0.05) is 32.9 Å². The Morgan fingerprint density at radius 3 is 2.84 bits per heavy atom. The number of halogens is 1. The molecule has 3 nitrogen and oxygen atoms in total. The molecule has 0 radical (unpaired) electrons. The third-order valence-corrected chi connectivity index (χ3v) is 3.18. The third kappa shape index (κ3) is 3.25. The minimum absolute atomic E-state index is 0.0174. The Labute approximate surface area is 113 Å². The van der Waals surface area contributed by atoms with Crippen molar-refractivity contribution in [3.8, 4) is 0 Å². The number of hydrogen-bond donors (Lipinski definition) is 1. The molecule has 0 atom stereocenters. The van der Waals surface area contributed by atoms with Crippen LogP contribution in [-0.4, -0.2) is 19.1 Å². The standard InChI is InChI=1S/C15H21FN2O/c1-15(2,3)10-17-14(19)18-9-5-7-11-6-4-8-12(16)13(11)18/h4,6,8H,5,7,9-10H2,1-3H3,(H,17,19). The van der Waals surface area contributed by atoms with Gasteiger partial charge in [-0.2, -0.15) is 0 Å². The van der Waals surface area contributed by atoms with Crippen molar-refractivity contribution >= 4 is 11.7 Å². The SMILES string of the molecule is CC(C)(C)CNC(=O)N1CCCc2cccc(F)c21. The highest BCUT2D eigenvalue weighted by molar-refractivity contribution is 5.93. The Kier molecular flexibility index (Phi) is 3.78. The van der Waals surface area contributed by atoms with Crippen molar-refractivity contribution in [1.29, 1.82) is 0 Å². The average Bonchev–Trinajstić information content (AvgIpc) is 2.35. The number of anilines is 1. The molecule has 0 saturated heterocycles. The van der Waals surface area contributed by atoms with E-state index in [2.05, 4.69) is 26.1 Å². The Morgan fingerprint density at radius 1 is 1.42 bits per heavy atom. The smallest absolute Gasteiger partial charge is 0.321 e. The summed E-state index contributed by atoms with van der Waals surface area (Å²) in [4.78, 5) is 13.7. The molecule has 19 heavy (non-hydrogen) atoms. The van der Waals surface area contributed by atoms with Gasteiger partial charge >= 0.3 is 6.03 Å². The van der Waals surface area contributed by atoms with Crippen LogP contribution in [0.2, 0.25) is 0 Å². The number of amides is 2. The van der Waals surface area contributed by atoms with Gasteiger partial charge in [-0.3, -0.25) is 4.90 Å². The van der Waals surface area contributed by atoms with Gasteiger partial charge < -0.3 is 5.32 Å². The third-order valence-electron chi connectivity index (χ3n) is 3.18. The molecule has 0 aliphatic carbocycles. The highest BCUT2D eigenvalue weighted by atomic mass is 19.1. The fraction of sp³-hybridized carbons (Fsp3) is 0.533. The van der Waals surface area contributed by atoms with E-state index in [0.29, 0.717) is 18.8 Å². The molecule has 0 aromatic heterocycles. The van der Waals surface area contributed by atoms with E-state index in [1.54, 1.807) is 6.07 Å². The number of fused-ring (bicyclic) bond motifs is 1. The zero-order valence-electron chi connectivity index (χ0n) is 11.8. The van der Waals surface area contributed by atoms with Crippen LogP contribution in [0, 0.1) is 11.2 Å².